The van der Waals surface area contributed by atoms with Crippen molar-refractivity contribution in [2.75, 3.05) is 6.26 Å². The third-order valence-corrected chi connectivity index (χ3v) is 4.78. The van der Waals surface area contributed by atoms with Crippen molar-refractivity contribution in [1.82, 2.24) is 0 Å². The molecule has 0 aromatic heterocycles. The lowest BCUT2D eigenvalue weighted by Crippen LogP contribution is -2.21. The van der Waals surface area contributed by atoms with E-state index in [4.69, 9.17) is 0 Å². The molecule has 0 unspecified atom stereocenters. The van der Waals surface area contributed by atoms with E-state index in [9.17, 15) is 4.79 Å². The SMILES string of the molecule is CSc1cc(C)c(C)c(C2(N=C=O)CCCC2)c1. The summed E-state index contributed by atoms with van der Waals surface area (Å²) in [5, 5.41) is 0. The van der Waals surface area contributed by atoms with Gasteiger partial charge in [0.2, 0.25) is 6.08 Å². The Morgan fingerprint density at radius 2 is 1.94 bits per heavy atom. The Morgan fingerprint density at radius 3 is 2.50 bits per heavy atom. The van der Waals surface area contributed by atoms with Crippen LogP contribution in [-0.4, -0.2) is 12.3 Å². The number of thioether (sulfide) groups is 1. The summed E-state index contributed by atoms with van der Waals surface area (Å²) >= 11 is 1.74. The number of carbonyl (C=O) groups excluding carboxylic acids is 1. The molecule has 2 nitrogen and oxygen atoms in total. The summed E-state index contributed by atoms with van der Waals surface area (Å²) < 4.78 is 0. The Balaban J connectivity index is 2.60. The molecule has 1 aliphatic rings. The van der Waals surface area contributed by atoms with Crippen molar-refractivity contribution in [3.05, 3.63) is 28.8 Å². The van der Waals surface area contributed by atoms with Crippen LogP contribution < -0.4 is 0 Å². The lowest BCUT2D eigenvalue weighted by atomic mass is 9.84. The fourth-order valence-electron chi connectivity index (χ4n) is 2.92. The molecule has 0 heterocycles. The van der Waals surface area contributed by atoms with E-state index in [0.717, 1.165) is 25.7 Å². The molecule has 0 spiro atoms. The van der Waals surface area contributed by atoms with Crippen molar-refractivity contribution < 1.29 is 4.79 Å². The molecule has 0 bridgehead atoms. The van der Waals surface area contributed by atoms with Crippen LogP contribution in [0.3, 0.4) is 0 Å². The van der Waals surface area contributed by atoms with Crippen LogP contribution in [0.4, 0.5) is 0 Å². The summed E-state index contributed by atoms with van der Waals surface area (Å²) in [7, 11) is 0. The second kappa shape index (κ2) is 5.29. The van der Waals surface area contributed by atoms with Crippen molar-refractivity contribution >= 4 is 17.8 Å². The van der Waals surface area contributed by atoms with Gasteiger partial charge in [-0.1, -0.05) is 12.8 Å². The molecular formula is C15H19NOS. The van der Waals surface area contributed by atoms with E-state index in [1.54, 1.807) is 17.8 Å². The number of hydrogen-bond acceptors (Lipinski definition) is 3. The quantitative estimate of drug-likeness (QED) is 0.465. The van der Waals surface area contributed by atoms with Crippen LogP contribution in [0.15, 0.2) is 22.0 Å². The van der Waals surface area contributed by atoms with Gasteiger partial charge in [-0.05, 0) is 61.8 Å². The zero-order valence-electron chi connectivity index (χ0n) is 11.2. The molecule has 0 radical (unpaired) electrons. The Labute approximate surface area is 113 Å². The maximum atomic E-state index is 10.8. The van der Waals surface area contributed by atoms with Crippen molar-refractivity contribution in [1.29, 1.82) is 0 Å². The molecule has 1 aliphatic carbocycles. The number of benzene rings is 1. The van der Waals surface area contributed by atoms with E-state index in [2.05, 4.69) is 37.2 Å². The topological polar surface area (TPSA) is 29.4 Å². The summed E-state index contributed by atoms with van der Waals surface area (Å²) in [6, 6.07) is 4.41. The number of isocyanates is 1. The number of rotatable bonds is 3. The molecular weight excluding hydrogens is 242 g/mol. The van der Waals surface area contributed by atoms with Crippen LogP contribution in [0.5, 0.6) is 0 Å². The molecule has 1 aromatic rings. The first-order chi connectivity index (χ1) is 8.63. The van der Waals surface area contributed by atoms with Crippen LogP contribution >= 0.6 is 11.8 Å². The minimum Gasteiger partial charge on any atom is -0.211 e. The predicted octanol–water partition coefficient (Wildman–Crippen LogP) is 4.13. The van der Waals surface area contributed by atoms with E-state index in [0.29, 0.717) is 0 Å². The van der Waals surface area contributed by atoms with Gasteiger partial charge >= 0.3 is 0 Å². The van der Waals surface area contributed by atoms with Gasteiger partial charge in [-0.15, -0.1) is 11.8 Å². The lowest BCUT2D eigenvalue weighted by molar-refractivity contribution is 0.452. The average molecular weight is 261 g/mol. The second-order valence-corrected chi connectivity index (χ2v) is 5.94. The van der Waals surface area contributed by atoms with Crippen molar-refractivity contribution in [2.24, 2.45) is 4.99 Å². The minimum atomic E-state index is -0.303. The van der Waals surface area contributed by atoms with E-state index in [-0.39, 0.29) is 5.54 Å². The summed E-state index contributed by atoms with van der Waals surface area (Å²) in [6.45, 7) is 4.26. The van der Waals surface area contributed by atoms with Gasteiger partial charge in [0.05, 0.1) is 5.54 Å². The molecule has 0 aliphatic heterocycles. The van der Waals surface area contributed by atoms with E-state index >= 15 is 0 Å². The molecule has 1 fully saturated rings. The van der Waals surface area contributed by atoms with Gasteiger partial charge < -0.3 is 0 Å². The third-order valence-electron chi connectivity index (χ3n) is 4.07. The van der Waals surface area contributed by atoms with Gasteiger partial charge in [-0.2, -0.15) is 4.99 Å². The van der Waals surface area contributed by atoms with E-state index in [1.807, 2.05) is 0 Å². The van der Waals surface area contributed by atoms with Gasteiger partial charge in [0.15, 0.2) is 0 Å². The Kier molecular flexibility index (Phi) is 3.94. The highest BCUT2D eigenvalue weighted by Crippen LogP contribution is 2.44. The van der Waals surface area contributed by atoms with Gasteiger partial charge in [0, 0.05) is 4.90 Å². The highest BCUT2D eigenvalue weighted by atomic mass is 32.2. The molecule has 1 saturated carbocycles. The molecule has 0 amide bonds. The highest BCUT2D eigenvalue weighted by Gasteiger charge is 2.37. The molecule has 3 heteroatoms. The Morgan fingerprint density at radius 1 is 1.28 bits per heavy atom. The van der Waals surface area contributed by atoms with Crippen LogP contribution in [-0.2, 0) is 10.3 Å². The molecule has 0 N–H and O–H groups in total. The van der Waals surface area contributed by atoms with Crippen molar-refractivity contribution in [3.63, 3.8) is 0 Å². The first-order valence-corrected chi connectivity index (χ1v) is 7.60. The maximum Gasteiger partial charge on any atom is 0.235 e. The molecule has 0 atom stereocenters. The zero-order chi connectivity index (χ0) is 13.2. The number of aliphatic imine (C=N–C) groups is 1. The second-order valence-electron chi connectivity index (χ2n) is 5.06. The van der Waals surface area contributed by atoms with Gasteiger partial charge in [0.1, 0.15) is 0 Å². The smallest absolute Gasteiger partial charge is 0.211 e. The molecule has 0 saturated heterocycles. The maximum absolute atomic E-state index is 10.8. The van der Waals surface area contributed by atoms with Crippen LogP contribution in [0.2, 0.25) is 0 Å². The summed E-state index contributed by atoms with van der Waals surface area (Å²) in [5.41, 5.74) is 3.48. The van der Waals surface area contributed by atoms with Crippen LogP contribution in [0, 0.1) is 13.8 Å². The Hall–Kier alpha value is -1.05. The average Bonchev–Trinajstić information content (AvgIpc) is 2.82. The fourth-order valence-corrected chi connectivity index (χ4v) is 3.45. The molecule has 1 aromatic carbocycles. The standard InChI is InChI=1S/C15H19NOS/c1-11-8-13(18-3)9-14(12(11)2)15(16-10-17)6-4-5-7-15/h8-9H,4-7H2,1-3H3. The van der Waals surface area contributed by atoms with E-state index < -0.39 is 0 Å². The number of hydrogen-bond donors (Lipinski definition) is 0. The largest absolute Gasteiger partial charge is 0.235 e. The van der Waals surface area contributed by atoms with Crippen LogP contribution in [0.25, 0.3) is 0 Å². The van der Waals surface area contributed by atoms with Gasteiger partial charge in [0.25, 0.3) is 0 Å². The van der Waals surface area contributed by atoms with E-state index in [1.165, 1.54) is 21.6 Å². The van der Waals surface area contributed by atoms with Crippen LogP contribution in [0.1, 0.15) is 42.4 Å². The first-order valence-electron chi connectivity index (χ1n) is 6.38. The van der Waals surface area contributed by atoms with Crippen molar-refractivity contribution in [3.8, 4) is 0 Å². The van der Waals surface area contributed by atoms with Gasteiger partial charge in [-0.3, -0.25) is 0 Å². The number of aryl methyl sites for hydroxylation is 1. The lowest BCUT2D eigenvalue weighted by Gasteiger charge is -2.26. The molecule has 18 heavy (non-hydrogen) atoms. The summed E-state index contributed by atoms with van der Waals surface area (Å²) in [5.74, 6) is 0. The third kappa shape index (κ3) is 2.25. The summed E-state index contributed by atoms with van der Waals surface area (Å²) in [4.78, 5) is 16.2. The Bertz CT molecular complexity index is 497. The molecule has 2 rings (SSSR count). The molecule has 96 valence electrons. The highest BCUT2D eigenvalue weighted by molar-refractivity contribution is 7.98. The monoisotopic (exact) mass is 261 g/mol. The fraction of sp³-hybridized carbons (Fsp3) is 0.533. The summed E-state index contributed by atoms with van der Waals surface area (Å²) in [6.07, 6.45) is 8.12. The number of nitrogens with zero attached hydrogens (tertiary/aromatic N) is 1. The first kappa shape index (κ1) is 13.4. The van der Waals surface area contributed by atoms with Crippen molar-refractivity contribution in [2.45, 2.75) is 50.0 Å². The normalized spacial score (nSPS) is 17.5. The minimum absolute atomic E-state index is 0.303. The zero-order valence-corrected chi connectivity index (χ0v) is 12.1. The van der Waals surface area contributed by atoms with Gasteiger partial charge in [-0.25, -0.2) is 4.79 Å². The predicted molar refractivity (Wildman–Crippen MR) is 76.0 cm³/mol.